The second kappa shape index (κ2) is 13.8. The molecule has 230 valence electrons. The van der Waals surface area contributed by atoms with E-state index >= 15 is 0 Å². The number of amides is 2. The number of aryl methyl sites for hydroxylation is 1. The molecule has 5 rings (SSSR count). The van der Waals surface area contributed by atoms with Crippen LogP contribution in [0.2, 0.25) is 0 Å². The van der Waals surface area contributed by atoms with Crippen molar-refractivity contribution in [3.8, 4) is 17.2 Å². The Morgan fingerprint density at radius 1 is 0.864 bits per heavy atom. The minimum absolute atomic E-state index is 0.0763. The Morgan fingerprint density at radius 3 is 2.30 bits per heavy atom. The molecule has 1 atom stereocenters. The number of carbonyl (C=O) groups is 2. The van der Waals surface area contributed by atoms with Crippen LogP contribution in [-0.4, -0.2) is 48.1 Å². The molecule has 2 heterocycles. The second-order valence-electron chi connectivity index (χ2n) is 11.6. The van der Waals surface area contributed by atoms with Crippen LogP contribution < -0.4 is 14.4 Å². The van der Waals surface area contributed by atoms with E-state index in [-0.39, 0.29) is 24.4 Å². The van der Waals surface area contributed by atoms with E-state index in [1.54, 1.807) is 19.1 Å². The molecule has 0 spiro atoms. The quantitative estimate of drug-likeness (QED) is 0.159. The second-order valence-corrected chi connectivity index (χ2v) is 11.6. The molecule has 0 saturated heterocycles. The summed E-state index contributed by atoms with van der Waals surface area (Å²) in [5.74, 6) is 0.967. The van der Waals surface area contributed by atoms with Gasteiger partial charge in [-0.3, -0.25) is 14.5 Å². The molecular weight excluding hydrogens is 550 g/mol. The van der Waals surface area contributed by atoms with E-state index in [0.717, 1.165) is 35.5 Å². The number of unbranched alkanes of at least 4 members (excludes halogenated alkanes) is 3. The fourth-order valence-electron chi connectivity index (χ4n) is 6.06. The summed E-state index contributed by atoms with van der Waals surface area (Å²) in [5.41, 5.74) is 5.19. The van der Waals surface area contributed by atoms with Gasteiger partial charge in [-0.1, -0.05) is 50.5 Å². The molecule has 0 bridgehead atoms. The molecule has 7 heteroatoms. The van der Waals surface area contributed by atoms with Crippen molar-refractivity contribution < 1.29 is 19.1 Å². The molecule has 1 aliphatic heterocycles. The summed E-state index contributed by atoms with van der Waals surface area (Å²) in [6, 6.07) is 24.7. The molecule has 0 aliphatic carbocycles. The van der Waals surface area contributed by atoms with Gasteiger partial charge in [-0.25, -0.2) is 0 Å². The number of aromatic nitrogens is 1. The number of nitrogens with zero attached hydrogens (tertiary/aromatic N) is 3. The van der Waals surface area contributed by atoms with Crippen molar-refractivity contribution in [3.63, 3.8) is 0 Å². The van der Waals surface area contributed by atoms with Crippen molar-refractivity contribution in [3.05, 3.63) is 107 Å². The maximum absolute atomic E-state index is 14.6. The number of hydrogen-bond acceptors (Lipinski definition) is 4. The zero-order chi connectivity index (χ0) is 31.2. The van der Waals surface area contributed by atoms with Gasteiger partial charge in [0, 0.05) is 23.4 Å². The number of para-hydroxylation sites is 2. The molecule has 1 aliphatic rings. The highest BCUT2D eigenvalue weighted by atomic mass is 16.5. The Kier molecular flexibility index (Phi) is 9.73. The van der Waals surface area contributed by atoms with Gasteiger partial charge in [0.25, 0.3) is 5.91 Å². The fraction of sp³-hybridized carbons (Fsp3) is 0.351. The lowest BCUT2D eigenvalue weighted by Crippen LogP contribution is -2.48. The van der Waals surface area contributed by atoms with Crippen LogP contribution in [-0.2, 0) is 11.2 Å². The minimum Gasteiger partial charge on any atom is -0.497 e. The molecule has 7 nitrogen and oxygen atoms in total. The minimum atomic E-state index is -0.506. The van der Waals surface area contributed by atoms with Crippen LogP contribution in [0.25, 0.3) is 5.69 Å². The third-order valence-corrected chi connectivity index (χ3v) is 8.43. The summed E-state index contributed by atoms with van der Waals surface area (Å²) in [7, 11) is 3.25. The summed E-state index contributed by atoms with van der Waals surface area (Å²) in [6.45, 7) is 6.03. The number of benzene rings is 3. The first-order valence-electron chi connectivity index (χ1n) is 15.6. The zero-order valence-corrected chi connectivity index (χ0v) is 26.5. The number of methoxy groups -OCH3 is 2. The standard InChI is InChI=1S/C37H43N3O4/c1-6-7-8-9-13-27-17-19-28(20-18-27)37(42)39(26(2)3)25-35(41)40-32-15-11-10-14-31(32)38-23-12-16-33(38)36(40)30-24-29(43-4)21-22-34(30)44-5/h10-12,14-24,26,36H,6-9,13,25H2,1-5H3/t36-/m1/s1. The lowest BCUT2D eigenvalue weighted by atomic mass is 9.96. The van der Waals surface area contributed by atoms with Crippen molar-refractivity contribution >= 4 is 17.5 Å². The Labute approximate surface area is 261 Å². The smallest absolute Gasteiger partial charge is 0.254 e. The number of ether oxygens (including phenoxy) is 2. The summed E-state index contributed by atoms with van der Waals surface area (Å²) in [4.78, 5) is 31.9. The SMILES string of the molecule is CCCCCCc1ccc(C(=O)N(CC(=O)N2c3ccccc3-n3cccc3[C@H]2c2cc(OC)ccc2OC)C(C)C)cc1. The monoisotopic (exact) mass is 593 g/mol. The Hall–Kier alpha value is -4.52. The lowest BCUT2D eigenvalue weighted by Gasteiger charge is -2.40. The molecular formula is C37H43N3O4. The zero-order valence-electron chi connectivity index (χ0n) is 26.5. The van der Waals surface area contributed by atoms with E-state index in [1.807, 2.05) is 104 Å². The first-order valence-corrected chi connectivity index (χ1v) is 15.6. The van der Waals surface area contributed by atoms with Gasteiger partial charge in [0.15, 0.2) is 0 Å². The van der Waals surface area contributed by atoms with Crippen LogP contribution in [0.15, 0.2) is 85.1 Å². The van der Waals surface area contributed by atoms with E-state index in [0.29, 0.717) is 17.1 Å². The molecule has 4 aromatic rings. The van der Waals surface area contributed by atoms with Crippen molar-refractivity contribution in [2.45, 2.75) is 65.0 Å². The Bertz CT molecular complexity index is 1590. The van der Waals surface area contributed by atoms with E-state index < -0.39 is 6.04 Å². The molecule has 2 amide bonds. The average Bonchev–Trinajstić information content (AvgIpc) is 3.54. The third kappa shape index (κ3) is 6.23. The Balaban J connectivity index is 1.49. The summed E-state index contributed by atoms with van der Waals surface area (Å²) >= 11 is 0. The van der Waals surface area contributed by atoms with Gasteiger partial charge in [-0.15, -0.1) is 0 Å². The number of fused-ring (bicyclic) bond motifs is 3. The number of hydrogen-bond donors (Lipinski definition) is 0. The van der Waals surface area contributed by atoms with Crippen molar-refractivity contribution in [2.75, 3.05) is 25.7 Å². The van der Waals surface area contributed by atoms with Crippen LogP contribution in [0.5, 0.6) is 11.5 Å². The van der Waals surface area contributed by atoms with Crippen LogP contribution >= 0.6 is 0 Å². The van der Waals surface area contributed by atoms with Gasteiger partial charge < -0.3 is 18.9 Å². The molecule has 3 aromatic carbocycles. The number of rotatable bonds is 12. The largest absolute Gasteiger partial charge is 0.497 e. The maximum Gasteiger partial charge on any atom is 0.254 e. The first kappa shape index (κ1) is 30.9. The lowest BCUT2D eigenvalue weighted by molar-refractivity contribution is -0.120. The highest BCUT2D eigenvalue weighted by molar-refractivity contribution is 6.03. The molecule has 44 heavy (non-hydrogen) atoms. The highest BCUT2D eigenvalue weighted by Crippen LogP contribution is 2.45. The molecule has 0 saturated carbocycles. The molecule has 1 aromatic heterocycles. The van der Waals surface area contributed by atoms with E-state index in [2.05, 4.69) is 11.5 Å². The predicted octanol–water partition coefficient (Wildman–Crippen LogP) is 7.60. The Morgan fingerprint density at radius 2 is 1.61 bits per heavy atom. The van der Waals surface area contributed by atoms with Crippen molar-refractivity contribution in [1.82, 2.24) is 9.47 Å². The van der Waals surface area contributed by atoms with Gasteiger partial charge in [-0.2, -0.15) is 0 Å². The average molecular weight is 594 g/mol. The molecule has 0 radical (unpaired) electrons. The van der Waals surface area contributed by atoms with Crippen molar-refractivity contribution in [2.24, 2.45) is 0 Å². The summed E-state index contributed by atoms with van der Waals surface area (Å²) < 4.78 is 13.5. The van der Waals surface area contributed by atoms with Gasteiger partial charge in [-0.05, 0) is 86.8 Å². The summed E-state index contributed by atoms with van der Waals surface area (Å²) in [6.07, 6.45) is 7.83. The van der Waals surface area contributed by atoms with Gasteiger partial charge in [0.2, 0.25) is 5.91 Å². The highest BCUT2D eigenvalue weighted by Gasteiger charge is 2.39. The van der Waals surface area contributed by atoms with E-state index in [9.17, 15) is 9.59 Å². The van der Waals surface area contributed by atoms with Gasteiger partial charge in [0.05, 0.1) is 31.3 Å². The number of carbonyl (C=O) groups excluding carboxylic acids is 2. The summed E-state index contributed by atoms with van der Waals surface area (Å²) in [5, 5.41) is 0. The maximum atomic E-state index is 14.6. The van der Waals surface area contributed by atoms with Gasteiger partial charge >= 0.3 is 0 Å². The fourth-order valence-corrected chi connectivity index (χ4v) is 6.06. The van der Waals surface area contributed by atoms with Crippen molar-refractivity contribution in [1.29, 1.82) is 0 Å². The topological polar surface area (TPSA) is 64.0 Å². The van der Waals surface area contributed by atoms with Crippen LogP contribution in [0.4, 0.5) is 5.69 Å². The van der Waals surface area contributed by atoms with E-state index in [1.165, 1.54) is 24.8 Å². The predicted molar refractivity (Wildman–Crippen MR) is 175 cm³/mol. The molecule has 0 N–H and O–H groups in total. The first-order chi connectivity index (χ1) is 21.4. The normalized spacial score (nSPS) is 13.8. The van der Waals surface area contributed by atoms with Gasteiger partial charge in [0.1, 0.15) is 24.1 Å². The molecule has 0 fully saturated rings. The van der Waals surface area contributed by atoms with Crippen LogP contribution in [0.3, 0.4) is 0 Å². The number of anilines is 1. The third-order valence-electron chi connectivity index (χ3n) is 8.43. The molecule has 0 unspecified atom stereocenters. The van der Waals surface area contributed by atoms with E-state index in [4.69, 9.17) is 9.47 Å². The van der Waals surface area contributed by atoms with Crippen LogP contribution in [0.1, 0.15) is 79.7 Å². The van der Waals surface area contributed by atoms with Crippen LogP contribution in [0, 0.1) is 0 Å².